The van der Waals surface area contributed by atoms with Crippen LogP contribution in [0.3, 0.4) is 0 Å². The molecule has 0 spiro atoms. The Labute approximate surface area is 157 Å². The standard InChI is InChI=1S/C20H24N2O5/c1-3-4-10-16-11-12-17(19(24)22(16)13-18(23)26-2)21-20(25)27-14-15-8-6-5-7-9-15/h5-9,11-12H,3-4,10,13-14H2,1-2H3,(H,21,25). The van der Waals surface area contributed by atoms with Gasteiger partial charge in [0.2, 0.25) is 0 Å². The lowest BCUT2D eigenvalue weighted by Gasteiger charge is -2.14. The van der Waals surface area contributed by atoms with Crippen molar-refractivity contribution < 1.29 is 19.1 Å². The molecule has 1 amide bonds. The lowest BCUT2D eigenvalue weighted by atomic mass is 10.1. The number of unbranched alkanes of at least 4 members (excludes halogenated alkanes) is 1. The zero-order valence-electron chi connectivity index (χ0n) is 15.6. The van der Waals surface area contributed by atoms with E-state index in [4.69, 9.17) is 4.74 Å². The monoisotopic (exact) mass is 372 g/mol. The Balaban J connectivity index is 2.13. The van der Waals surface area contributed by atoms with E-state index in [-0.39, 0.29) is 18.8 Å². The lowest BCUT2D eigenvalue weighted by Crippen LogP contribution is -2.31. The number of pyridine rings is 1. The summed E-state index contributed by atoms with van der Waals surface area (Å²) in [7, 11) is 1.27. The molecule has 27 heavy (non-hydrogen) atoms. The molecule has 0 radical (unpaired) electrons. The van der Waals surface area contributed by atoms with Crippen molar-refractivity contribution in [2.24, 2.45) is 0 Å². The van der Waals surface area contributed by atoms with Crippen molar-refractivity contribution in [3.05, 3.63) is 64.1 Å². The van der Waals surface area contributed by atoms with E-state index < -0.39 is 17.6 Å². The van der Waals surface area contributed by atoms with Crippen LogP contribution >= 0.6 is 0 Å². The fraction of sp³-hybridized carbons (Fsp3) is 0.350. The molecule has 1 N–H and O–H groups in total. The Kier molecular flexibility index (Phi) is 7.61. The van der Waals surface area contributed by atoms with Crippen LogP contribution in [-0.4, -0.2) is 23.7 Å². The number of nitrogens with one attached hydrogen (secondary N) is 1. The molecule has 7 nitrogen and oxygen atoms in total. The van der Waals surface area contributed by atoms with Gasteiger partial charge < -0.3 is 9.47 Å². The number of esters is 1. The van der Waals surface area contributed by atoms with Gasteiger partial charge in [0, 0.05) is 5.69 Å². The summed E-state index contributed by atoms with van der Waals surface area (Å²) in [5.74, 6) is -0.529. The van der Waals surface area contributed by atoms with E-state index >= 15 is 0 Å². The number of aromatic nitrogens is 1. The van der Waals surface area contributed by atoms with Crippen LogP contribution in [0.2, 0.25) is 0 Å². The number of carbonyl (C=O) groups excluding carboxylic acids is 2. The van der Waals surface area contributed by atoms with Crippen molar-refractivity contribution in [1.29, 1.82) is 0 Å². The molecule has 0 aliphatic rings. The quantitative estimate of drug-likeness (QED) is 0.720. The highest BCUT2D eigenvalue weighted by atomic mass is 16.5. The van der Waals surface area contributed by atoms with Crippen LogP contribution in [0, 0.1) is 0 Å². The summed E-state index contributed by atoms with van der Waals surface area (Å²) in [6.45, 7) is 1.93. The molecule has 0 saturated carbocycles. The Morgan fingerprint density at radius 2 is 1.85 bits per heavy atom. The minimum absolute atomic E-state index is 0.0530. The molecule has 1 aromatic carbocycles. The molecule has 0 saturated heterocycles. The average molecular weight is 372 g/mol. The van der Waals surface area contributed by atoms with E-state index in [0.29, 0.717) is 6.42 Å². The van der Waals surface area contributed by atoms with Crippen molar-refractivity contribution in [3.63, 3.8) is 0 Å². The zero-order valence-corrected chi connectivity index (χ0v) is 15.6. The van der Waals surface area contributed by atoms with E-state index in [1.807, 2.05) is 37.3 Å². The number of benzene rings is 1. The molecule has 0 unspecified atom stereocenters. The topological polar surface area (TPSA) is 86.6 Å². The minimum Gasteiger partial charge on any atom is -0.468 e. The number of anilines is 1. The molecule has 0 atom stereocenters. The second-order valence-electron chi connectivity index (χ2n) is 6.00. The number of rotatable bonds is 8. The number of ether oxygens (including phenoxy) is 2. The van der Waals surface area contributed by atoms with Gasteiger partial charge in [0.15, 0.2) is 0 Å². The third kappa shape index (κ3) is 5.99. The number of carbonyl (C=O) groups is 2. The Hall–Kier alpha value is -3.09. The summed E-state index contributed by atoms with van der Waals surface area (Å²) in [6.07, 6.45) is 1.76. The molecule has 1 heterocycles. The van der Waals surface area contributed by atoms with Crippen molar-refractivity contribution in [1.82, 2.24) is 4.57 Å². The van der Waals surface area contributed by atoms with Gasteiger partial charge in [-0.15, -0.1) is 0 Å². The first-order chi connectivity index (χ1) is 13.0. The predicted octanol–water partition coefficient (Wildman–Crippen LogP) is 3.11. The van der Waals surface area contributed by atoms with E-state index in [2.05, 4.69) is 10.1 Å². The third-order valence-corrected chi connectivity index (χ3v) is 4.02. The van der Waals surface area contributed by atoms with Gasteiger partial charge in [0.05, 0.1) is 7.11 Å². The van der Waals surface area contributed by atoms with Gasteiger partial charge in [0.1, 0.15) is 18.8 Å². The van der Waals surface area contributed by atoms with Crippen LogP contribution in [-0.2, 0) is 33.8 Å². The first kappa shape index (κ1) is 20.2. The molecular formula is C20H24N2O5. The summed E-state index contributed by atoms with van der Waals surface area (Å²) < 4.78 is 11.1. The van der Waals surface area contributed by atoms with Crippen LogP contribution in [0.1, 0.15) is 31.0 Å². The fourth-order valence-corrected chi connectivity index (χ4v) is 2.52. The summed E-state index contributed by atoms with van der Waals surface area (Å²) in [5, 5.41) is 2.45. The van der Waals surface area contributed by atoms with Crippen molar-refractivity contribution in [2.45, 2.75) is 39.3 Å². The zero-order chi connectivity index (χ0) is 19.6. The summed E-state index contributed by atoms with van der Waals surface area (Å²) in [6, 6.07) is 12.5. The van der Waals surface area contributed by atoms with E-state index in [1.54, 1.807) is 6.07 Å². The van der Waals surface area contributed by atoms with Crippen LogP contribution in [0.5, 0.6) is 0 Å². The SMILES string of the molecule is CCCCc1ccc(NC(=O)OCc2ccccc2)c(=O)n1CC(=O)OC. The highest BCUT2D eigenvalue weighted by Gasteiger charge is 2.14. The van der Waals surface area contributed by atoms with Gasteiger partial charge in [-0.25, -0.2) is 4.79 Å². The number of methoxy groups -OCH3 is 1. The fourth-order valence-electron chi connectivity index (χ4n) is 2.52. The summed E-state index contributed by atoms with van der Waals surface area (Å²) >= 11 is 0. The molecule has 7 heteroatoms. The number of nitrogens with zero attached hydrogens (tertiary/aromatic N) is 1. The maximum absolute atomic E-state index is 12.7. The Morgan fingerprint density at radius 1 is 1.11 bits per heavy atom. The van der Waals surface area contributed by atoms with Gasteiger partial charge in [-0.05, 0) is 30.5 Å². The van der Waals surface area contributed by atoms with Crippen LogP contribution in [0.15, 0.2) is 47.3 Å². The number of aryl methyl sites for hydroxylation is 1. The predicted molar refractivity (Wildman–Crippen MR) is 102 cm³/mol. The van der Waals surface area contributed by atoms with E-state index in [0.717, 1.165) is 24.1 Å². The van der Waals surface area contributed by atoms with Crippen molar-refractivity contribution in [3.8, 4) is 0 Å². The second kappa shape index (κ2) is 10.2. The molecule has 0 aliphatic heterocycles. The van der Waals surface area contributed by atoms with Crippen molar-refractivity contribution in [2.75, 3.05) is 12.4 Å². The molecule has 0 aliphatic carbocycles. The number of hydrogen-bond acceptors (Lipinski definition) is 5. The molecule has 0 fully saturated rings. The van der Waals surface area contributed by atoms with Gasteiger partial charge in [-0.2, -0.15) is 0 Å². The Bertz CT molecular complexity index is 830. The molecular weight excluding hydrogens is 348 g/mol. The second-order valence-corrected chi connectivity index (χ2v) is 6.00. The third-order valence-electron chi connectivity index (χ3n) is 4.02. The average Bonchev–Trinajstić information content (AvgIpc) is 2.69. The number of amides is 1. The van der Waals surface area contributed by atoms with Crippen molar-refractivity contribution >= 4 is 17.7 Å². The van der Waals surface area contributed by atoms with E-state index in [9.17, 15) is 14.4 Å². The first-order valence-electron chi connectivity index (χ1n) is 8.82. The lowest BCUT2D eigenvalue weighted by molar-refractivity contribution is -0.141. The smallest absolute Gasteiger partial charge is 0.412 e. The van der Waals surface area contributed by atoms with E-state index in [1.165, 1.54) is 17.7 Å². The highest BCUT2D eigenvalue weighted by Crippen LogP contribution is 2.09. The van der Waals surface area contributed by atoms with Crippen LogP contribution in [0.4, 0.5) is 10.5 Å². The summed E-state index contributed by atoms with van der Waals surface area (Å²) in [4.78, 5) is 36.4. The molecule has 1 aromatic heterocycles. The normalized spacial score (nSPS) is 10.3. The van der Waals surface area contributed by atoms with Crippen LogP contribution < -0.4 is 10.9 Å². The number of hydrogen-bond donors (Lipinski definition) is 1. The van der Waals surface area contributed by atoms with Gasteiger partial charge >= 0.3 is 12.1 Å². The highest BCUT2D eigenvalue weighted by molar-refractivity contribution is 5.84. The van der Waals surface area contributed by atoms with Gasteiger partial charge in [-0.3, -0.25) is 19.5 Å². The molecule has 2 rings (SSSR count). The van der Waals surface area contributed by atoms with Gasteiger partial charge in [-0.1, -0.05) is 43.7 Å². The maximum atomic E-state index is 12.7. The summed E-state index contributed by atoms with van der Waals surface area (Å²) in [5.41, 5.74) is 1.14. The van der Waals surface area contributed by atoms with Gasteiger partial charge in [0.25, 0.3) is 5.56 Å². The van der Waals surface area contributed by atoms with Crippen LogP contribution in [0.25, 0.3) is 0 Å². The first-order valence-corrected chi connectivity index (χ1v) is 8.82. The molecule has 0 bridgehead atoms. The minimum atomic E-state index is -0.734. The molecule has 2 aromatic rings. The Morgan fingerprint density at radius 3 is 2.52 bits per heavy atom. The maximum Gasteiger partial charge on any atom is 0.412 e. The molecule has 144 valence electrons. The largest absolute Gasteiger partial charge is 0.468 e.